The molecule has 0 heterocycles. The molecule has 0 spiro atoms. The van der Waals surface area contributed by atoms with Gasteiger partial charge in [0.1, 0.15) is 5.78 Å². The Kier molecular flexibility index (Phi) is 4.50. The van der Waals surface area contributed by atoms with Crippen LogP contribution >= 0.6 is 0 Å². The number of hydrogen-bond acceptors (Lipinski definition) is 5. The molecule has 21 heavy (non-hydrogen) atoms. The highest BCUT2D eigenvalue weighted by Crippen LogP contribution is 2.64. The molecular formula is C14H25NO5S. The van der Waals surface area contributed by atoms with E-state index in [-0.39, 0.29) is 23.5 Å². The van der Waals surface area contributed by atoms with E-state index in [0.717, 1.165) is 6.42 Å². The van der Waals surface area contributed by atoms with Gasteiger partial charge in [-0.05, 0) is 24.2 Å². The molecule has 2 atom stereocenters. The number of ether oxygens (including phenoxy) is 2. The Balaban J connectivity index is 2.11. The fraction of sp³-hybridized carbons (Fsp3) is 0.929. The number of Topliss-reactive ketones (excluding diaryl/α,β-unsaturated/α-hetero) is 1. The summed E-state index contributed by atoms with van der Waals surface area (Å²) in [6.07, 6.45) is 1.50. The first-order chi connectivity index (χ1) is 9.68. The first-order valence-electron chi connectivity index (χ1n) is 7.25. The Morgan fingerprint density at radius 3 is 2.38 bits per heavy atom. The lowest BCUT2D eigenvalue weighted by Gasteiger charge is -2.36. The van der Waals surface area contributed by atoms with E-state index in [4.69, 9.17) is 9.47 Å². The van der Waals surface area contributed by atoms with Crippen LogP contribution in [-0.2, 0) is 24.3 Å². The van der Waals surface area contributed by atoms with Crippen molar-refractivity contribution in [2.24, 2.45) is 16.7 Å². The van der Waals surface area contributed by atoms with Gasteiger partial charge >= 0.3 is 0 Å². The summed E-state index contributed by atoms with van der Waals surface area (Å²) >= 11 is 0. The Hall–Kier alpha value is -0.500. The van der Waals surface area contributed by atoms with Crippen molar-refractivity contribution >= 4 is 15.8 Å². The quantitative estimate of drug-likeness (QED) is 0.706. The lowest BCUT2D eigenvalue weighted by Crippen LogP contribution is -2.46. The number of sulfonamides is 1. The maximum atomic E-state index is 12.4. The number of methoxy groups -OCH3 is 2. The summed E-state index contributed by atoms with van der Waals surface area (Å²) in [6.45, 7) is 4.10. The van der Waals surface area contributed by atoms with Gasteiger partial charge in [-0.1, -0.05) is 13.8 Å². The highest BCUT2D eigenvalue weighted by molar-refractivity contribution is 7.89. The second-order valence-corrected chi connectivity index (χ2v) is 8.48. The zero-order valence-electron chi connectivity index (χ0n) is 13.1. The summed E-state index contributed by atoms with van der Waals surface area (Å²) in [5.74, 6) is 0.276. The monoisotopic (exact) mass is 319 g/mol. The van der Waals surface area contributed by atoms with Crippen LogP contribution in [0.3, 0.4) is 0 Å². The number of ketones is 1. The van der Waals surface area contributed by atoms with E-state index in [1.54, 1.807) is 0 Å². The van der Waals surface area contributed by atoms with Gasteiger partial charge in [0.05, 0.1) is 12.3 Å². The Labute approximate surface area is 126 Å². The molecule has 0 aliphatic heterocycles. The molecule has 0 aromatic rings. The van der Waals surface area contributed by atoms with Crippen LogP contribution in [0.4, 0.5) is 0 Å². The summed E-state index contributed by atoms with van der Waals surface area (Å²) in [5.41, 5.74) is -0.986. The number of fused-ring (bicyclic) bond motifs is 2. The van der Waals surface area contributed by atoms with Crippen LogP contribution in [0.25, 0.3) is 0 Å². The molecule has 0 amide bonds. The molecule has 0 radical (unpaired) electrons. The number of hydrogen-bond donors (Lipinski definition) is 1. The summed E-state index contributed by atoms with van der Waals surface area (Å²) in [7, 11) is -0.657. The van der Waals surface area contributed by atoms with E-state index in [1.165, 1.54) is 14.2 Å². The molecular weight excluding hydrogens is 294 g/mol. The van der Waals surface area contributed by atoms with Gasteiger partial charge in [0.25, 0.3) is 0 Å². The van der Waals surface area contributed by atoms with Gasteiger partial charge < -0.3 is 9.47 Å². The minimum absolute atomic E-state index is 0.0451. The summed E-state index contributed by atoms with van der Waals surface area (Å²) in [4.78, 5) is 12.4. The zero-order valence-corrected chi connectivity index (χ0v) is 14.0. The highest BCUT2D eigenvalue weighted by Gasteiger charge is 2.65. The maximum absolute atomic E-state index is 12.4. The fourth-order valence-corrected chi connectivity index (χ4v) is 5.76. The van der Waals surface area contributed by atoms with Crippen molar-refractivity contribution < 1.29 is 22.7 Å². The van der Waals surface area contributed by atoms with E-state index >= 15 is 0 Å². The second-order valence-electron chi connectivity index (χ2n) is 6.68. The van der Waals surface area contributed by atoms with Crippen LogP contribution in [0.5, 0.6) is 0 Å². The standard InChI is InChI=1S/C14H25NO5S/c1-13(2)10-5-6-14(13,11(16)7-10)9-21(17,18)15-8-12(19-3)20-4/h10,12,15H,5-9H2,1-4H3/t10-,14-/m1/s1. The van der Waals surface area contributed by atoms with E-state index in [2.05, 4.69) is 4.72 Å². The molecule has 7 heteroatoms. The van der Waals surface area contributed by atoms with E-state index < -0.39 is 21.7 Å². The Morgan fingerprint density at radius 1 is 1.33 bits per heavy atom. The molecule has 2 rings (SSSR count). The first kappa shape index (κ1) is 16.9. The molecule has 2 aliphatic rings. The molecule has 0 unspecified atom stereocenters. The van der Waals surface area contributed by atoms with Crippen LogP contribution in [0.2, 0.25) is 0 Å². The van der Waals surface area contributed by atoms with Gasteiger partial charge in [-0.25, -0.2) is 13.1 Å². The van der Waals surface area contributed by atoms with Crippen LogP contribution in [0.1, 0.15) is 33.1 Å². The van der Waals surface area contributed by atoms with Gasteiger partial charge in [-0.2, -0.15) is 0 Å². The van der Waals surface area contributed by atoms with Crippen molar-refractivity contribution in [3.8, 4) is 0 Å². The smallest absolute Gasteiger partial charge is 0.212 e. The Bertz CT molecular complexity index is 511. The van der Waals surface area contributed by atoms with Crippen molar-refractivity contribution in [2.45, 2.75) is 39.4 Å². The summed E-state index contributed by atoms with van der Waals surface area (Å²) < 4.78 is 37.2. The number of carbonyl (C=O) groups excluding carboxylic acids is 1. The van der Waals surface area contributed by atoms with E-state index in [0.29, 0.717) is 18.8 Å². The topological polar surface area (TPSA) is 81.7 Å². The van der Waals surface area contributed by atoms with Crippen molar-refractivity contribution in [1.82, 2.24) is 4.72 Å². The van der Waals surface area contributed by atoms with Crippen molar-refractivity contribution in [2.75, 3.05) is 26.5 Å². The molecule has 0 saturated heterocycles. The third kappa shape index (κ3) is 2.76. The fourth-order valence-electron chi connectivity index (χ4n) is 3.94. The largest absolute Gasteiger partial charge is 0.355 e. The number of nitrogens with one attached hydrogen (secondary N) is 1. The molecule has 0 aromatic heterocycles. The van der Waals surface area contributed by atoms with Crippen molar-refractivity contribution in [1.29, 1.82) is 0 Å². The normalized spacial score (nSPS) is 31.3. The average Bonchev–Trinajstić information content (AvgIpc) is 2.73. The minimum atomic E-state index is -3.56. The lowest BCUT2D eigenvalue weighted by molar-refractivity contribution is -0.128. The van der Waals surface area contributed by atoms with Crippen LogP contribution < -0.4 is 4.72 Å². The lowest BCUT2D eigenvalue weighted by atomic mass is 9.70. The molecule has 2 saturated carbocycles. The molecule has 2 bridgehead atoms. The molecule has 2 aliphatic carbocycles. The van der Waals surface area contributed by atoms with E-state index in [9.17, 15) is 13.2 Å². The highest BCUT2D eigenvalue weighted by atomic mass is 32.2. The van der Waals surface area contributed by atoms with Crippen molar-refractivity contribution in [3.05, 3.63) is 0 Å². The maximum Gasteiger partial charge on any atom is 0.212 e. The number of carbonyl (C=O) groups is 1. The van der Waals surface area contributed by atoms with Crippen LogP contribution in [-0.4, -0.2) is 47.0 Å². The molecule has 1 N–H and O–H groups in total. The third-order valence-corrected chi connectivity index (χ3v) is 7.05. The average molecular weight is 319 g/mol. The predicted octanol–water partition coefficient (Wildman–Crippen LogP) is 0.920. The Morgan fingerprint density at radius 2 is 1.95 bits per heavy atom. The SMILES string of the molecule is COC(CNS(=O)(=O)C[C@]12CC[C@H](CC1=O)C2(C)C)OC. The van der Waals surface area contributed by atoms with Gasteiger partial charge in [-0.3, -0.25) is 4.79 Å². The molecule has 2 fully saturated rings. The number of rotatable bonds is 7. The van der Waals surface area contributed by atoms with E-state index in [1.807, 2.05) is 13.8 Å². The molecule has 6 nitrogen and oxygen atoms in total. The molecule has 0 aromatic carbocycles. The molecule has 122 valence electrons. The van der Waals surface area contributed by atoms with Gasteiger partial charge in [-0.15, -0.1) is 0 Å². The first-order valence-corrected chi connectivity index (χ1v) is 8.90. The van der Waals surface area contributed by atoms with Crippen LogP contribution in [0, 0.1) is 16.7 Å². The minimum Gasteiger partial charge on any atom is -0.355 e. The summed E-state index contributed by atoms with van der Waals surface area (Å²) in [6, 6.07) is 0. The van der Waals surface area contributed by atoms with Crippen molar-refractivity contribution in [3.63, 3.8) is 0 Å². The zero-order chi connectivity index (χ0) is 15.9. The van der Waals surface area contributed by atoms with Crippen LogP contribution in [0.15, 0.2) is 0 Å². The summed E-state index contributed by atoms with van der Waals surface area (Å²) in [5, 5.41) is 0. The predicted molar refractivity (Wildman–Crippen MR) is 78.2 cm³/mol. The van der Waals surface area contributed by atoms with Gasteiger partial charge in [0, 0.05) is 26.1 Å². The second kappa shape index (κ2) is 5.61. The van der Waals surface area contributed by atoms with Gasteiger partial charge in [0.2, 0.25) is 10.0 Å². The van der Waals surface area contributed by atoms with Gasteiger partial charge in [0.15, 0.2) is 6.29 Å². The third-order valence-electron chi connectivity index (χ3n) is 5.57.